The minimum Gasteiger partial charge on any atom is -0.467 e. The summed E-state index contributed by atoms with van der Waals surface area (Å²) in [5.41, 5.74) is 1.42. The molecule has 0 saturated carbocycles. The number of amides is 4. The first kappa shape index (κ1) is 71.0. The summed E-state index contributed by atoms with van der Waals surface area (Å²) in [5, 5.41) is 10.2. The van der Waals surface area contributed by atoms with Crippen LogP contribution in [-0.4, -0.2) is 94.1 Å². The van der Waals surface area contributed by atoms with Crippen LogP contribution in [0.4, 0.5) is 0 Å². The summed E-state index contributed by atoms with van der Waals surface area (Å²) in [7, 11) is 4.99. The summed E-state index contributed by atoms with van der Waals surface area (Å²) in [6.07, 6.45) is 8.22. The van der Waals surface area contributed by atoms with Crippen molar-refractivity contribution in [1.82, 2.24) is 21.3 Å². The zero-order valence-corrected chi connectivity index (χ0v) is 34.7. The van der Waals surface area contributed by atoms with E-state index in [-0.39, 0.29) is 74.9 Å². The van der Waals surface area contributed by atoms with Crippen molar-refractivity contribution >= 4 is 47.5 Å². The second-order valence-electron chi connectivity index (χ2n) is 12.2. The van der Waals surface area contributed by atoms with Gasteiger partial charge in [-0.05, 0) is 61.7 Å². The normalized spacial score (nSPS) is 10.7. The number of rotatable bonds is 18. The largest absolute Gasteiger partial charge is 0.467 e. The highest BCUT2D eigenvalue weighted by molar-refractivity contribution is 5.98. The lowest BCUT2D eigenvalue weighted by atomic mass is 10.1. The third-order valence-electron chi connectivity index (χ3n) is 7.79. The Morgan fingerprint density at radius 1 is 0.493 bits per heavy atom. The first-order valence-corrected chi connectivity index (χ1v) is 18.5. The predicted octanol–water partition coefficient (Wildman–Crippen LogP) is 7.98. The van der Waals surface area contributed by atoms with E-state index in [1.165, 1.54) is 47.5 Å². The standard InChI is InChI=1S/C24H26N2O6.C13H15NO3.C8H11NO3.6CH4/c1-31-23(29)19(25-21(27)17-11-5-3-6-12-17)15-9-10-16-20(24(30)32-2)26-22(28)18-13-7-4-8-14-18;1-3-7-11(13(16)17-2)14-12(15)10-8-5-4-6-9-10;1-4-5-7(8(11)12-3)9-6(2)10;;;;;;/h3-14,19-20H,15-16H2,1-2H3,(H,25,27)(H,26,28);3-6,8-9,11H,1,7H2,2H3,(H,14,15);4-5H,1H2,2-3H3,(H,9,10);6*1H4/b;;7-5-;;;;;;/t19-,20-;11-;;;;;;;/m00......./s1. The van der Waals surface area contributed by atoms with Crippen LogP contribution < -0.4 is 21.3 Å². The molecule has 0 radical (unpaired) electrons. The molecule has 0 aliphatic rings. The van der Waals surface area contributed by atoms with Crippen molar-refractivity contribution < 1.29 is 57.3 Å². The van der Waals surface area contributed by atoms with Gasteiger partial charge < -0.3 is 40.2 Å². The van der Waals surface area contributed by atoms with Crippen LogP contribution in [0.15, 0.2) is 140 Å². The maximum atomic E-state index is 12.3. The van der Waals surface area contributed by atoms with Crippen LogP contribution in [0.5, 0.6) is 0 Å². The summed E-state index contributed by atoms with van der Waals surface area (Å²) >= 11 is 0. The number of nitrogens with one attached hydrogen (secondary N) is 4. The maximum Gasteiger partial charge on any atom is 0.354 e. The van der Waals surface area contributed by atoms with Crippen molar-refractivity contribution in [3.05, 3.63) is 157 Å². The molecule has 4 amide bonds. The summed E-state index contributed by atoms with van der Waals surface area (Å²) in [6.45, 7) is 8.23. The van der Waals surface area contributed by atoms with Gasteiger partial charge in [0.05, 0.1) is 28.4 Å². The van der Waals surface area contributed by atoms with Crippen LogP contribution >= 0.6 is 0 Å². The third-order valence-corrected chi connectivity index (χ3v) is 7.79. The average Bonchev–Trinajstić information content (AvgIpc) is 3.29. The van der Waals surface area contributed by atoms with E-state index in [0.29, 0.717) is 23.1 Å². The Balaban J connectivity index is -0.000000226. The number of allylic oxidation sites excluding steroid dienone is 2. The topological polar surface area (TPSA) is 222 Å². The van der Waals surface area contributed by atoms with Crippen molar-refractivity contribution in [2.45, 2.75) is 88.9 Å². The predicted molar refractivity (Wildman–Crippen MR) is 267 cm³/mol. The summed E-state index contributed by atoms with van der Waals surface area (Å²) in [4.78, 5) is 93.4. The fourth-order valence-electron chi connectivity index (χ4n) is 4.77. The van der Waals surface area contributed by atoms with Gasteiger partial charge in [-0.15, -0.1) is 6.58 Å². The Morgan fingerprint density at radius 3 is 1.03 bits per heavy atom. The Hall–Kier alpha value is -7.62. The number of carbonyl (C=O) groups is 8. The summed E-state index contributed by atoms with van der Waals surface area (Å²) in [6, 6.07) is 23.2. The second kappa shape index (κ2) is 41.1. The van der Waals surface area contributed by atoms with Crippen LogP contribution in [0.1, 0.15) is 102 Å². The summed E-state index contributed by atoms with van der Waals surface area (Å²) < 4.78 is 18.5. The van der Waals surface area contributed by atoms with Crippen molar-refractivity contribution in [2.24, 2.45) is 0 Å². The lowest BCUT2D eigenvalue weighted by molar-refractivity contribution is -0.143. The van der Waals surface area contributed by atoms with Gasteiger partial charge in [0.25, 0.3) is 17.7 Å². The van der Waals surface area contributed by atoms with E-state index in [4.69, 9.17) is 9.47 Å². The monoisotopic (exact) mass is 937 g/mol. The number of hydrogen-bond acceptors (Lipinski definition) is 12. The van der Waals surface area contributed by atoms with Gasteiger partial charge in [-0.1, -0.05) is 130 Å². The number of methoxy groups -OCH3 is 4. The van der Waals surface area contributed by atoms with Crippen molar-refractivity contribution in [3.63, 3.8) is 0 Å². The van der Waals surface area contributed by atoms with E-state index >= 15 is 0 Å². The van der Waals surface area contributed by atoms with Crippen LogP contribution in [0, 0.1) is 0 Å². The molecule has 0 bridgehead atoms. The van der Waals surface area contributed by atoms with Gasteiger partial charge in [0.15, 0.2) is 0 Å². The van der Waals surface area contributed by atoms with Gasteiger partial charge in [0.2, 0.25) is 5.91 Å². The van der Waals surface area contributed by atoms with Crippen LogP contribution in [0.2, 0.25) is 0 Å². The number of hydrogen-bond donors (Lipinski definition) is 4. The maximum absolute atomic E-state index is 12.3. The molecule has 67 heavy (non-hydrogen) atoms. The molecular formula is C51H76N4O12. The Morgan fingerprint density at radius 2 is 0.791 bits per heavy atom. The molecule has 3 atom stereocenters. The van der Waals surface area contributed by atoms with E-state index < -0.39 is 53.8 Å². The van der Waals surface area contributed by atoms with Gasteiger partial charge in [-0.3, -0.25) is 19.2 Å². The fraction of sp³-hybridized carbons (Fsp3) is 0.333. The van der Waals surface area contributed by atoms with Crippen LogP contribution in [-0.2, 0) is 42.9 Å². The zero-order chi connectivity index (χ0) is 45.6. The van der Waals surface area contributed by atoms with E-state index in [1.807, 2.05) is 6.07 Å². The number of esters is 4. The highest BCUT2D eigenvalue weighted by Gasteiger charge is 2.23. The molecule has 3 rings (SSSR count). The molecule has 3 aromatic carbocycles. The first-order valence-electron chi connectivity index (χ1n) is 18.5. The molecule has 372 valence electrons. The number of ether oxygens (including phenoxy) is 4. The minimum atomic E-state index is -0.903. The Bertz CT molecular complexity index is 1910. The SMILES string of the molecule is C.C.C.C.C.C.C=C/C=C(\NC(C)=O)C(=O)OC.C=CC[C@H](NC(=O)c1ccccc1)C(=O)OC.COC(=O)[C@H](CC=CC[C@H](NC(=O)c1ccccc1)C(=O)OC)NC(=O)c1ccccc1. The zero-order valence-electron chi connectivity index (χ0n) is 34.7. The molecule has 0 saturated heterocycles. The molecule has 0 fully saturated rings. The van der Waals surface area contributed by atoms with E-state index in [2.05, 4.69) is 43.9 Å². The van der Waals surface area contributed by atoms with E-state index in [0.717, 1.165) is 0 Å². The lowest BCUT2D eigenvalue weighted by Gasteiger charge is -2.16. The molecule has 0 spiro atoms. The van der Waals surface area contributed by atoms with Crippen molar-refractivity contribution in [2.75, 3.05) is 28.4 Å². The molecule has 4 N–H and O–H groups in total. The van der Waals surface area contributed by atoms with Crippen molar-refractivity contribution in [3.8, 4) is 0 Å². The molecule has 0 aliphatic carbocycles. The van der Waals surface area contributed by atoms with Crippen LogP contribution in [0.3, 0.4) is 0 Å². The molecule has 0 aromatic heterocycles. The second-order valence-corrected chi connectivity index (χ2v) is 12.2. The Labute approximate surface area is 399 Å². The molecule has 3 aromatic rings. The number of benzene rings is 3. The van der Waals surface area contributed by atoms with Crippen molar-refractivity contribution in [1.29, 1.82) is 0 Å². The fourth-order valence-corrected chi connectivity index (χ4v) is 4.77. The quantitative estimate of drug-likeness (QED) is 0.0314. The summed E-state index contributed by atoms with van der Waals surface area (Å²) in [5.74, 6) is -3.70. The molecule has 0 unspecified atom stereocenters. The van der Waals surface area contributed by atoms with Gasteiger partial charge >= 0.3 is 23.9 Å². The highest BCUT2D eigenvalue weighted by Crippen LogP contribution is 2.07. The van der Waals surface area contributed by atoms with Gasteiger partial charge in [-0.2, -0.15) is 0 Å². The third kappa shape index (κ3) is 28.0. The molecule has 0 aliphatic heterocycles. The highest BCUT2D eigenvalue weighted by atomic mass is 16.5. The first-order chi connectivity index (χ1) is 29.3. The molecule has 16 nitrogen and oxygen atoms in total. The lowest BCUT2D eigenvalue weighted by Crippen LogP contribution is -2.41. The molecule has 0 heterocycles. The molecular weight excluding hydrogens is 861 g/mol. The Kier molecular flexibility index (Phi) is 43.6. The number of carbonyl (C=O) groups excluding carboxylic acids is 8. The van der Waals surface area contributed by atoms with Crippen LogP contribution in [0.25, 0.3) is 0 Å². The van der Waals surface area contributed by atoms with Gasteiger partial charge in [0.1, 0.15) is 23.8 Å². The smallest absolute Gasteiger partial charge is 0.354 e. The molecule has 16 heteroatoms. The van der Waals surface area contributed by atoms with E-state index in [1.54, 1.807) is 103 Å². The van der Waals surface area contributed by atoms with Gasteiger partial charge in [-0.25, -0.2) is 19.2 Å². The van der Waals surface area contributed by atoms with E-state index in [9.17, 15) is 38.4 Å². The van der Waals surface area contributed by atoms with Gasteiger partial charge in [0, 0.05) is 23.6 Å². The minimum absolute atomic E-state index is 0. The average molecular weight is 937 g/mol.